The van der Waals surface area contributed by atoms with E-state index in [1.165, 1.54) is 6.33 Å². The van der Waals surface area contributed by atoms with Gasteiger partial charge in [0.15, 0.2) is 5.75 Å². The van der Waals surface area contributed by atoms with E-state index >= 15 is 0 Å². The topological polar surface area (TPSA) is 55.3 Å². The molecule has 0 unspecified atom stereocenters. The number of carbonyl (C=O) groups excluding carboxylic acids is 1. The van der Waals surface area contributed by atoms with E-state index in [9.17, 15) is 4.79 Å². The van der Waals surface area contributed by atoms with Gasteiger partial charge >= 0.3 is 5.97 Å². The zero-order valence-corrected chi connectivity index (χ0v) is 12.5. The molecule has 1 aromatic carbocycles. The van der Waals surface area contributed by atoms with Gasteiger partial charge in [0.25, 0.3) is 0 Å². The summed E-state index contributed by atoms with van der Waals surface area (Å²) in [5.74, 6) is 0.978. The second-order valence-corrected chi connectivity index (χ2v) is 5.88. The van der Waals surface area contributed by atoms with E-state index in [1.807, 2.05) is 51.9 Å². The second-order valence-electron chi connectivity index (χ2n) is 5.88. The van der Waals surface area contributed by atoms with Gasteiger partial charge < -0.3 is 9.64 Å². The number of nitrogens with zero attached hydrogens (tertiary/aromatic N) is 3. The van der Waals surface area contributed by atoms with Crippen LogP contribution < -0.4 is 9.64 Å². The molecule has 0 aliphatic carbocycles. The third-order valence-corrected chi connectivity index (χ3v) is 2.85. The van der Waals surface area contributed by atoms with Gasteiger partial charge in [-0.2, -0.15) is 0 Å². The van der Waals surface area contributed by atoms with Gasteiger partial charge in [-0.15, -0.1) is 0 Å². The Morgan fingerprint density at radius 1 is 1.20 bits per heavy atom. The van der Waals surface area contributed by atoms with Crippen molar-refractivity contribution < 1.29 is 9.53 Å². The molecule has 0 aliphatic rings. The minimum absolute atomic E-state index is 0.282. The van der Waals surface area contributed by atoms with Crippen LogP contribution in [0.1, 0.15) is 20.8 Å². The van der Waals surface area contributed by atoms with E-state index in [0.29, 0.717) is 11.3 Å². The molecular weight excluding hydrogens is 254 g/mol. The maximum absolute atomic E-state index is 12.0. The number of rotatable bonds is 2. The van der Waals surface area contributed by atoms with Crippen LogP contribution >= 0.6 is 0 Å². The molecule has 0 radical (unpaired) electrons. The van der Waals surface area contributed by atoms with E-state index in [4.69, 9.17) is 4.74 Å². The van der Waals surface area contributed by atoms with Gasteiger partial charge in [-0.05, 0) is 32.9 Å². The lowest BCUT2D eigenvalue weighted by Gasteiger charge is -2.18. The average Bonchev–Trinajstić information content (AvgIpc) is 2.37. The van der Waals surface area contributed by atoms with Crippen LogP contribution in [0.15, 0.2) is 24.5 Å². The molecule has 5 heteroatoms. The third kappa shape index (κ3) is 2.71. The number of anilines is 1. The van der Waals surface area contributed by atoms with Crippen molar-refractivity contribution in [2.45, 2.75) is 20.8 Å². The molecule has 0 amide bonds. The fraction of sp³-hybridized carbons (Fsp3) is 0.400. The quantitative estimate of drug-likeness (QED) is 0.622. The molecule has 0 atom stereocenters. The molecule has 0 fully saturated rings. The summed E-state index contributed by atoms with van der Waals surface area (Å²) in [6, 6.07) is 5.50. The van der Waals surface area contributed by atoms with Crippen molar-refractivity contribution >= 4 is 22.7 Å². The highest BCUT2D eigenvalue weighted by Gasteiger charge is 2.24. The van der Waals surface area contributed by atoms with Crippen LogP contribution in [0.3, 0.4) is 0 Å². The fourth-order valence-electron chi connectivity index (χ4n) is 1.74. The number of aromatic nitrogens is 2. The standard InChI is InChI=1S/C15H19N3O2/c1-15(2,3)14(19)20-11-8-6-7-10-12(11)16-9-17-13(10)18(4)5/h6-9H,1-5H3. The largest absolute Gasteiger partial charge is 0.424 e. The van der Waals surface area contributed by atoms with Crippen molar-refractivity contribution in [1.29, 1.82) is 0 Å². The third-order valence-electron chi connectivity index (χ3n) is 2.85. The number of ether oxygens (including phenoxy) is 1. The van der Waals surface area contributed by atoms with Crippen molar-refractivity contribution in [2.24, 2.45) is 5.41 Å². The Hall–Kier alpha value is -2.17. The van der Waals surface area contributed by atoms with Crippen LogP contribution in [0.5, 0.6) is 5.75 Å². The summed E-state index contributed by atoms with van der Waals surface area (Å²) in [5.41, 5.74) is 0.0864. The average molecular weight is 273 g/mol. The van der Waals surface area contributed by atoms with Gasteiger partial charge in [-0.1, -0.05) is 6.07 Å². The van der Waals surface area contributed by atoms with Gasteiger partial charge in [-0.3, -0.25) is 4.79 Å². The van der Waals surface area contributed by atoms with Crippen LogP contribution in [0.4, 0.5) is 5.82 Å². The van der Waals surface area contributed by atoms with E-state index in [1.54, 1.807) is 6.07 Å². The van der Waals surface area contributed by atoms with Crippen molar-refractivity contribution in [3.05, 3.63) is 24.5 Å². The summed E-state index contributed by atoms with van der Waals surface area (Å²) in [6.07, 6.45) is 1.48. The zero-order chi connectivity index (χ0) is 14.9. The summed E-state index contributed by atoms with van der Waals surface area (Å²) in [4.78, 5) is 22.4. The van der Waals surface area contributed by atoms with Crippen LogP contribution in [0.25, 0.3) is 10.9 Å². The summed E-state index contributed by atoms with van der Waals surface area (Å²) in [6.45, 7) is 5.46. The second kappa shape index (κ2) is 5.07. The predicted molar refractivity (Wildman–Crippen MR) is 79.0 cm³/mol. The Labute approximate surface area is 118 Å². The first kappa shape index (κ1) is 14.2. The molecule has 2 aromatic rings. The minimum atomic E-state index is -0.556. The lowest BCUT2D eigenvalue weighted by Crippen LogP contribution is -2.25. The number of hydrogen-bond donors (Lipinski definition) is 0. The number of esters is 1. The molecule has 0 saturated heterocycles. The lowest BCUT2D eigenvalue weighted by molar-refractivity contribution is -0.142. The molecule has 0 bridgehead atoms. The Morgan fingerprint density at radius 3 is 2.50 bits per heavy atom. The van der Waals surface area contributed by atoms with E-state index < -0.39 is 5.41 Å². The molecule has 5 nitrogen and oxygen atoms in total. The summed E-state index contributed by atoms with van der Waals surface area (Å²) >= 11 is 0. The maximum atomic E-state index is 12.0. The Balaban J connectivity index is 2.51. The van der Waals surface area contributed by atoms with Crippen LogP contribution in [-0.4, -0.2) is 30.0 Å². The fourth-order valence-corrected chi connectivity index (χ4v) is 1.74. The van der Waals surface area contributed by atoms with Gasteiger partial charge in [-0.25, -0.2) is 9.97 Å². The predicted octanol–water partition coefficient (Wildman–Crippen LogP) is 2.65. The molecule has 1 aromatic heterocycles. The van der Waals surface area contributed by atoms with Crippen LogP contribution in [-0.2, 0) is 4.79 Å². The first-order valence-electron chi connectivity index (χ1n) is 6.44. The Bertz CT molecular complexity index is 645. The molecule has 106 valence electrons. The molecule has 2 rings (SSSR count). The number of hydrogen-bond acceptors (Lipinski definition) is 5. The summed E-state index contributed by atoms with van der Waals surface area (Å²) < 4.78 is 5.48. The lowest BCUT2D eigenvalue weighted by atomic mass is 9.97. The highest BCUT2D eigenvalue weighted by atomic mass is 16.5. The Kier molecular flexibility index (Phi) is 3.61. The van der Waals surface area contributed by atoms with E-state index in [0.717, 1.165) is 11.2 Å². The monoisotopic (exact) mass is 273 g/mol. The summed E-state index contributed by atoms with van der Waals surface area (Å²) in [7, 11) is 3.82. The van der Waals surface area contributed by atoms with Gasteiger partial charge in [0.1, 0.15) is 17.7 Å². The van der Waals surface area contributed by atoms with E-state index in [2.05, 4.69) is 9.97 Å². The number of carbonyl (C=O) groups is 1. The minimum Gasteiger partial charge on any atom is -0.424 e. The van der Waals surface area contributed by atoms with Crippen molar-refractivity contribution in [1.82, 2.24) is 9.97 Å². The number of benzene rings is 1. The van der Waals surface area contributed by atoms with E-state index in [-0.39, 0.29) is 5.97 Å². The maximum Gasteiger partial charge on any atom is 0.316 e. The smallest absolute Gasteiger partial charge is 0.316 e. The van der Waals surface area contributed by atoms with Crippen molar-refractivity contribution in [3.8, 4) is 5.75 Å². The molecule has 0 saturated carbocycles. The van der Waals surface area contributed by atoms with Crippen LogP contribution in [0, 0.1) is 5.41 Å². The first-order chi connectivity index (χ1) is 9.30. The molecule has 0 N–H and O–H groups in total. The molecule has 1 heterocycles. The highest BCUT2D eigenvalue weighted by molar-refractivity contribution is 5.94. The van der Waals surface area contributed by atoms with Gasteiger partial charge in [0, 0.05) is 19.5 Å². The SMILES string of the molecule is CN(C)c1ncnc2c(OC(=O)C(C)(C)C)cccc12. The van der Waals surface area contributed by atoms with Crippen LogP contribution in [0.2, 0.25) is 0 Å². The molecule has 0 aliphatic heterocycles. The van der Waals surface area contributed by atoms with Gasteiger partial charge in [0.05, 0.1) is 5.41 Å². The first-order valence-corrected chi connectivity index (χ1v) is 6.44. The molecular formula is C15H19N3O2. The van der Waals surface area contributed by atoms with Crippen molar-refractivity contribution in [2.75, 3.05) is 19.0 Å². The Morgan fingerprint density at radius 2 is 1.90 bits per heavy atom. The normalized spacial score (nSPS) is 11.4. The van der Waals surface area contributed by atoms with Crippen molar-refractivity contribution in [3.63, 3.8) is 0 Å². The molecule has 20 heavy (non-hydrogen) atoms. The molecule has 0 spiro atoms. The zero-order valence-electron chi connectivity index (χ0n) is 12.5. The van der Waals surface area contributed by atoms with Gasteiger partial charge in [0.2, 0.25) is 0 Å². The summed E-state index contributed by atoms with van der Waals surface area (Å²) in [5, 5.41) is 0.858. The number of para-hydroxylation sites is 1. The number of fused-ring (bicyclic) bond motifs is 1. The highest BCUT2D eigenvalue weighted by Crippen LogP contribution is 2.30.